The number of rotatable bonds is 7. The molecule has 2 aliphatic heterocycles. The van der Waals surface area contributed by atoms with E-state index in [2.05, 4.69) is 24.2 Å². The summed E-state index contributed by atoms with van der Waals surface area (Å²) in [5, 5.41) is 4.22. The van der Waals surface area contributed by atoms with E-state index in [0.717, 1.165) is 17.2 Å². The molecule has 1 aromatic carbocycles. The third-order valence-corrected chi connectivity index (χ3v) is 5.99. The molecule has 0 amide bonds. The minimum atomic E-state index is -0.256. The number of carbonyl (C=O) groups is 1. The first-order valence-electron chi connectivity index (χ1n) is 9.50. The molecule has 0 spiro atoms. The van der Waals surface area contributed by atoms with Gasteiger partial charge in [0.25, 0.3) is 0 Å². The molecule has 0 radical (unpaired) electrons. The van der Waals surface area contributed by atoms with Crippen molar-refractivity contribution in [3.63, 3.8) is 0 Å². The summed E-state index contributed by atoms with van der Waals surface area (Å²) in [6, 6.07) is 10.0. The summed E-state index contributed by atoms with van der Waals surface area (Å²) in [7, 11) is 0. The second-order valence-corrected chi connectivity index (χ2v) is 7.98. The lowest BCUT2D eigenvalue weighted by atomic mass is 9.88. The first kappa shape index (κ1) is 20.2. The molecule has 0 bridgehead atoms. The molecule has 3 rings (SSSR count). The number of amidine groups is 1. The van der Waals surface area contributed by atoms with Crippen molar-refractivity contribution in [2.24, 2.45) is 10.9 Å². The van der Waals surface area contributed by atoms with Crippen molar-refractivity contribution in [1.82, 2.24) is 5.32 Å². The Kier molecular flexibility index (Phi) is 7.15. The van der Waals surface area contributed by atoms with E-state index >= 15 is 0 Å². The maximum atomic E-state index is 11.5. The van der Waals surface area contributed by atoms with Crippen LogP contribution in [0.2, 0.25) is 0 Å². The maximum Gasteiger partial charge on any atom is 0.302 e. The van der Waals surface area contributed by atoms with Gasteiger partial charge in [0.05, 0.1) is 25.9 Å². The molecule has 7 heteroatoms. The molecule has 2 saturated heterocycles. The molecule has 5 atom stereocenters. The highest BCUT2D eigenvalue weighted by molar-refractivity contribution is 8.14. The van der Waals surface area contributed by atoms with E-state index < -0.39 is 0 Å². The summed E-state index contributed by atoms with van der Waals surface area (Å²) in [4.78, 5) is 16.1. The zero-order valence-corrected chi connectivity index (χ0v) is 16.9. The van der Waals surface area contributed by atoms with E-state index in [0.29, 0.717) is 19.8 Å². The third kappa shape index (κ3) is 5.24. The van der Waals surface area contributed by atoms with Gasteiger partial charge in [0.2, 0.25) is 0 Å². The van der Waals surface area contributed by atoms with Crippen molar-refractivity contribution in [3.05, 3.63) is 35.9 Å². The number of nitrogens with zero attached hydrogens (tertiary/aromatic N) is 1. The normalized spacial score (nSPS) is 31.4. The van der Waals surface area contributed by atoms with E-state index in [9.17, 15) is 4.79 Å². The van der Waals surface area contributed by atoms with Crippen molar-refractivity contribution < 1.29 is 19.0 Å². The fourth-order valence-corrected chi connectivity index (χ4v) is 4.67. The molecule has 1 unspecified atom stereocenters. The predicted octanol–water partition coefficient (Wildman–Crippen LogP) is 2.97. The Balaban J connectivity index is 1.52. The Hall–Kier alpha value is -1.57. The lowest BCUT2D eigenvalue weighted by Crippen LogP contribution is -2.56. The van der Waals surface area contributed by atoms with E-state index in [1.165, 1.54) is 6.92 Å². The molecule has 2 heterocycles. The molecule has 0 saturated carbocycles. The number of aliphatic imine (C=N–C) groups is 1. The number of benzene rings is 1. The molecule has 0 aromatic heterocycles. The lowest BCUT2D eigenvalue weighted by Gasteiger charge is -2.41. The summed E-state index contributed by atoms with van der Waals surface area (Å²) in [5.41, 5.74) is 1.07. The molecule has 2 aliphatic rings. The standard InChI is InChI=1S/C20H28N2O4S/c1-4-16-13(2)18(25-14(3)23)17-19(26-16)27-20(22-17)21-10-11-24-12-15-8-6-5-7-9-15/h5-9,13,16-19H,4,10-12H2,1-3H3,(H,21,22)/t13-,16-,17-,18?,19-/m1/s1. The van der Waals surface area contributed by atoms with Gasteiger partial charge in [-0.15, -0.1) is 0 Å². The number of ether oxygens (including phenoxy) is 3. The van der Waals surface area contributed by atoms with Crippen LogP contribution in [0, 0.1) is 5.92 Å². The molecule has 1 aromatic rings. The molecule has 1 N–H and O–H groups in total. The number of nitrogens with one attached hydrogen (secondary N) is 1. The minimum Gasteiger partial charge on any atom is -0.460 e. The number of carbonyl (C=O) groups excluding carboxylic acids is 1. The molecular formula is C20H28N2O4S. The van der Waals surface area contributed by atoms with Crippen LogP contribution >= 0.6 is 11.8 Å². The van der Waals surface area contributed by atoms with Crippen molar-refractivity contribution in [2.75, 3.05) is 13.2 Å². The van der Waals surface area contributed by atoms with Gasteiger partial charge in [0, 0.05) is 12.8 Å². The highest BCUT2D eigenvalue weighted by Gasteiger charge is 2.49. The molecule has 148 valence electrons. The van der Waals surface area contributed by atoms with Gasteiger partial charge in [-0.25, -0.2) is 0 Å². The van der Waals surface area contributed by atoms with Gasteiger partial charge in [-0.3, -0.25) is 9.79 Å². The summed E-state index contributed by atoms with van der Waals surface area (Å²) in [5.74, 6) is -0.115. The van der Waals surface area contributed by atoms with E-state index in [4.69, 9.17) is 14.2 Å². The van der Waals surface area contributed by atoms with Crippen LogP contribution in [-0.2, 0) is 25.6 Å². The van der Waals surface area contributed by atoms with Gasteiger partial charge in [-0.2, -0.15) is 0 Å². The van der Waals surface area contributed by atoms with Crippen LogP contribution in [0.4, 0.5) is 0 Å². The zero-order chi connectivity index (χ0) is 19.2. The molecular weight excluding hydrogens is 364 g/mol. The predicted molar refractivity (Wildman–Crippen MR) is 107 cm³/mol. The van der Waals surface area contributed by atoms with E-state index in [1.54, 1.807) is 11.8 Å². The summed E-state index contributed by atoms with van der Waals surface area (Å²) < 4.78 is 17.5. The Morgan fingerprint density at radius 3 is 2.81 bits per heavy atom. The van der Waals surface area contributed by atoms with Gasteiger partial charge in [-0.05, 0) is 12.0 Å². The van der Waals surface area contributed by atoms with Crippen LogP contribution in [0.15, 0.2) is 35.3 Å². The zero-order valence-electron chi connectivity index (χ0n) is 16.1. The highest BCUT2D eigenvalue weighted by Crippen LogP contribution is 2.38. The van der Waals surface area contributed by atoms with Crippen LogP contribution in [0.1, 0.15) is 32.8 Å². The van der Waals surface area contributed by atoms with Gasteiger partial charge in [0.1, 0.15) is 17.6 Å². The van der Waals surface area contributed by atoms with Crippen molar-refractivity contribution in [2.45, 2.75) is 57.5 Å². The SMILES string of the molecule is CC[C@H]1O[C@@H]2SC(=NCCOCc3ccccc3)N[C@@H]2C(OC(C)=O)[C@@H]1C. The molecule has 6 nitrogen and oxygen atoms in total. The first-order valence-corrected chi connectivity index (χ1v) is 10.4. The van der Waals surface area contributed by atoms with Gasteiger partial charge in [-0.1, -0.05) is 55.9 Å². The Bertz CT molecular complexity index is 655. The number of fused-ring (bicyclic) bond motifs is 1. The first-order chi connectivity index (χ1) is 13.1. The van der Waals surface area contributed by atoms with E-state index in [1.807, 2.05) is 30.3 Å². The second-order valence-electron chi connectivity index (χ2n) is 6.90. The largest absolute Gasteiger partial charge is 0.460 e. The Morgan fingerprint density at radius 1 is 1.33 bits per heavy atom. The fraction of sp³-hybridized carbons (Fsp3) is 0.600. The number of esters is 1. The average Bonchev–Trinajstić information content (AvgIpc) is 3.07. The lowest BCUT2D eigenvalue weighted by molar-refractivity contribution is -0.168. The van der Waals surface area contributed by atoms with Crippen LogP contribution in [0.3, 0.4) is 0 Å². The van der Waals surface area contributed by atoms with Crippen molar-refractivity contribution in [1.29, 1.82) is 0 Å². The number of hydrogen-bond donors (Lipinski definition) is 1. The van der Waals surface area contributed by atoms with Crippen LogP contribution in [-0.4, -0.2) is 48.0 Å². The topological polar surface area (TPSA) is 69.2 Å². The van der Waals surface area contributed by atoms with Gasteiger partial charge in [0.15, 0.2) is 5.17 Å². The monoisotopic (exact) mass is 392 g/mol. The van der Waals surface area contributed by atoms with E-state index in [-0.39, 0.29) is 35.6 Å². The van der Waals surface area contributed by atoms with Gasteiger partial charge >= 0.3 is 5.97 Å². The summed E-state index contributed by atoms with van der Waals surface area (Å²) in [6.07, 6.45) is 0.766. The summed E-state index contributed by atoms with van der Waals surface area (Å²) >= 11 is 1.57. The maximum absolute atomic E-state index is 11.5. The van der Waals surface area contributed by atoms with Crippen molar-refractivity contribution >= 4 is 22.9 Å². The molecule has 2 fully saturated rings. The van der Waals surface area contributed by atoms with Crippen LogP contribution in [0.25, 0.3) is 0 Å². The smallest absolute Gasteiger partial charge is 0.302 e. The molecule has 0 aliphatic carbocycles. The van der Waals surface area contributed by atoms with Gasteiger partial charge < -0.3 is 19.5 Å². The Morgan fingerprint density at radius 2 is 2.11 bits per heavy atom. The quantitative estimate of drug-likeness (QED) is 0.568. The molecule has 27 heavy (non-hydrogen) atoms. The van der Waals surface area contributed by atoms with Crippen LogP contribution < -0.4 is 5.32 Å². The fourth-order valence-electron chi connectivity index (χ4n) is 3.51. The number of thioether (sulfide) groups is 1. The minimum absolute atomic E-state index is 0.0688. The van der Waals surface area contributed by atoms with Crippen molar-refractivity contribution in [3.8, 4) is 0 Å². The average molecular weight is 393 g/mol. The number of hydrogen-bond acceptors (Lipinski definition) is 6. The highest BCUT2D eigenvalue weighted by atomic mass is 32.2. The Labute approximate surface area is 165 Å². The summed E-state index contributed by atoms with van der Waals surface area (Å²) in [6.45, 7) is 7.35. The second kappa shape index (κ2) is 9.57. The van der Waals surface area contributed by atoms with Crippen LogP contribution in [0.5, 0.6) is 0 Å². The third-order valence-electron chi connectivity index (χ3n) is 4.89.